The van der Waals surface area contributed by atoms with E-state index in [0.29, 0.717) is 11.7 Å². The minimum absolute atomic E-state index is 0.0796. The van der Waals surface area contributed by atoms with Crippen LogP contribution in [0.2, 0.25) is 0 Å². The Balaban J connectivity index is 2.33. The lowest BCUT2D eigenvalue weighted by Gasteiger charge is -2.38. The summed E-state index contributed by atoms with van der Waals surface area (Å²) in [6.07, 6.45) is 6.12. The highest BCUT2D eigenvalue weighted by Gasteiger charge is 2.41. The molecular weight excluding hydrogens is 184 g/mol. The average Bonchev–Trinajstić information content (AvgIpc) is 2.44. The van der Waals surface area contributed by atoms with Gasteiger partial charge >= 0.3 is 0 Å². The van der Waals surface area contributed by atoms with Crippen molar-refractivity contribution < 1.29 is 4.79 Å². The molecule has 2 aliphatic rings. The van der Waals surface area contributed by atoms with Crippen molar-refractivity contribution >= 4 is 5.78 Å². The number of Topliss-reactive ketones (excluding diaryl/α,β-unsaturated/α-hetero) is 1. The standard InChI is InChI=1S/C14H22O/c1-9-5-6-11-7-13(10(2)15)14(3,4)8-12(9)11/h8-9,11,13H,5-7H2,1-4H3/t9-,11-,13+/m0/s1. The molecule has 1 nitrogen and oxygen atoms in total. The van der Waals surface area contributed by atoms with Crippen molar-refractivity contribution in [3.8, 4) is 0 Å². The number of hydrogen-bond acceptors (Lipinski definition) is 1. The Labute approximate surface area is 92.9 Å². The lowest BCUT2D eigenvalue weighted by atomic mass is 9.66. The first-order chi connectivity index (χ1) is 6.92. The molecule has 0 aromatic heterocycles. The van der Waals surface area contributed by atoms with Gasteiger partial charge in [0.25, 0.3) is 0 Å². The van der Waals surface area contributed by atoms with Gasteiger partial charge in [-0.25, -0.2) is 0 Å². The number of rotatable bonds is 1. The SMILES string of the molecule is CC(=O)[C@H]1C[C@@H]2CC[C@H](C)C2=CC1(C)C. The van der Waals surface area contributed by atoms with Gasteiger partial charge in [-0.2, -0.15) is 0 Å². The van der Waals surface area contributed by atoms with E-state index in [-0.39, 0.29) is 11.3 Å². The highest BCUT2D eigenvalue weighted by atomic mass is 16.1. The molecule has 0 aromatic rings. The van der Waals surface area contributed by atoms with E-state index in [1.54, 1.807) is 12.5 Å². The number of carbonyl (C=O) groups is 1. The van der Waals surface area contributed by atoms with Gasteiger partial charge in [0, 0.05) is 5.92 Å². The molecule has 0 bridgehead atoms. The van der Waals surface area contributed by atoms with Crippen molar-refractivity contribution in [3.63, 3.8) is 0 Å². The van der Waals surface area contributed by atoms with Crippen molar-refractivity contribution in [2.75, 3.05) is 0 Å². The molecule has 15 heavy (non-hydrogen) atoms. The third-order valence-corrected chi connectivity index (χ3v) is 4.44. The zero-order valence-electron chi connectivity index (χ0n) is 10.3. The number of ketones is 1. The summed E-state index contributed by atoms with van der Waals surface area (Å²) in [5.41, 5.74) is 1.72. The molecule has 2 aliphatic carbocycles. The normalized spacial score (nSPS) is 38.4. The van der Waals surface area contributed by atoms with Crippen LogP contribution in [0.25, 0.3) is 0 Å². The van der Waals surface area contributed by atoms with Gasteiger partial charge < -0.3 is 0 Å². The van der Waals surface area contributed by atoms with Gasteiger partial charge in [-0.15, -0.1) is 0 Å². The lowest BCUT2D eigenvalue weighted by molar-refractivity contribution is -0.124. The van der Waals surface area contributed by atoms with Crippen LogP contribution < -0.4 is 0 Å². The molecule has 2 rings (SSSR count). The first-order valence-corrected chi connectivity index (χ1v) is 6.15. The number of hydrogen-bond donors (Lipinski definition) is 0. The van der Waals surface area contributed by atoms with E-state index in [2.05, 4.69) is 26.8 Å². The van der Waals surface area contributed by atoms with Crippen LogP contribution in [0, 0.1) is 23.2 Å². The summed E-state index contributed by atoms with van der Waals surface area (Å²) in [6.45, 7) is 8.51. The van der Waals surface area contributed by atoms with Crippen LogP contribution in [-0.4, -0.2) is 5.78 Å². The molecule has 3 atom stereocenters. The van der Waals surface area contributed by atoms with E-state index in [1.807, 2.05) is 0 Å². The molecule has 0 N–H and O–H groups in total. The van der Waals surface area contributed by atoms with Gasteiger partial charge in [-0.1, -0.05) is 32.4 Å². The van der Waals surface area contributed by atoms with Gasteiger partial charge in [0.1, 0.15) is 5.78 Å². The lowest BCUT2D eigenvalue weighted by Crippen LogP contribution is -2.34. The Morgan fingerprint density at radius 2 is 2.07 bits per heavy atom. The second-order valence-corrected chi connectivity index (χ2v) is 6.04. The van der Waals surface area contributed by atoms with Crippen molar-refractivity contribution in [3.05, 3.63) is 11.6 Å². The third kappa shape index (κ3) is 1.77. The summed E-state index contributed by atoms with van der Waals surface area (Å²) in [5.74, 6) is 2.08. The molecule has 0 aliphatic heterocycles. The van der Waals surface area contributed by atoms with E-state index < -0.39 is 0 Å². The van der Waals surface area contributed by atoms with E-state index in [0.717, 1.165) is 12.3 Å². The average molecular weight is 206 g/mol. The van der Waals surface area contributed by atoms with Crippen molar-refractivity contribution in [2.45, 2.75) is 47.0 Å². The molecule has 1 heteroatoms. The summed E-state index contributed by atoms with van der Waals surface area (Å²) in [7, 11) is 0. The van der Waals surface area contributed by atoms with Gasteiger partial charge in [0.15, 0.2) is 0 Å². The molecule has 84 valence electrons. The first-order valence-electron chi connectivity index (χ1n) is 6.15. The van der Waals surface area contributed by atoms with Crippen molar-refractivity contribution in [2.24, 2.45) is 23.2 Å². The molecular formula is C14H22O. The van der Waals surface area contributed by atoms with Crippen LogP contribution in [0.5, 0.6) is 0 Å². The first kappa shape index (κ1) is 10.9. The van der Waals surface area contributed by atoms with Crippen LogP contribution in [0.15, 0.2) is 11.6 Å². The highest BCUT2D eigenvalue weighted by molar-refractivity contribution is 5.79. The van der Waals surface area contributed by atoms with Crippen molar-refractivity contribution in [1.29, 1.82) is 0 Å². The van der Waals surface area contributed by atoms with Crippen LogP contribution in [0.1, 0.15) is 47.0 Å². The predicted molar refractivity (Wildman–Crippen MR) is 62.5 cm³/mol. The Morgan fingerprint density at radius 3 is 2.67 bits per heavy atom. The smallest absolute Gasteiger partial charge is 0.133 e. The van der Waals surface area contributed by atoms with E-state index in [1.165, 1.54) is 12.8 Å². The summed E-state index contributed by atoms with van der Waals surface area (Å²) < 4.78 is 0. The fourth-order valence-corrected chi connectivity index (χ4v) is 3.51. The minimum Gasteiger partial charge on any atom is -0.300 e. The predicted octanol–water partition coefficient (Wildman–Crippen LogP) is 3.59. The molecule has 1 fully saturated rings. The molecule has 0 spiro atoms. The second-order valence-electron chi connectivity index (χ2n) is 6.04. The van der Waals surface area contributed by atoms with Gasteiger partial charge in [0.05, 0.1) is 0 Å². The molecule has 0 amide bonds. The third-order valence-electron chi connectivity index (χ3n) is 4.44. The largest absolute Gasteiger partial charge is 0.300 e. The van der Waals surface area contributed by atoms with Gasteiger partial charge in [-0.05, 0) is 43.4 Å². The number of fused-ring (bicyclic) bond motifs is 1. The fourth-order valence-electron chi connectivity index (χ4n) is 3.51. The molecule has 0 heterocycles. The van der Waals surface area contributed by atoms with Crippen LogP contribution in [0.3, 0.4) is 0 Å². The minimum atomic E-state index is 0.0796. The van der Waals surface area contributed by atoms with E-state index >= 15 is 0 Å². The maximum atomic E-state index is 11.7. The van der Waals surface area contributed by atoms with Crippen LogP contribution >= 0.6 is 0 Å². The topological polar surface area (TPSA) is 17.1 Å². The Bertz CT molecular complexity index is 311. The van der Waals surface area contributed by atoms with E-state index in [9.17, 15) is 4.79 Å². The second kappa shape index (κ2) is 3.47. The molecule has 0 radical (unpaired) electrons. The zero-order valence-corrected chi connectivity index (χ0v) is 10.3. The summed E-state index contributed by atoms with van der Waals surface area (Å²) in [6, 6.07) is 0. The van der Waals surface area contributed by atoms with Crippen LogP contribution in [-0.2, 0) is 4.79 Å². The molecule has 0 saturated heterocycles. The van der Waals surface area contributed by atoms with Crippen LogP contribution in [0.4, 0.5) is 0 Å². The summed E-state index contributed by atoms with van der Waals surface area (Å²) >= 11 is 0. The quantitative estimate of drug-likeness (QED) is 0.599. The molecule has 1 saturated carbocycles. The summed E-state index contributed by atoms with van der Waals surface area (Å²) in [4.78, 5) is 11.7. The van der Waals surface area contributed by atoms with Gasteiger partial charge in [0.2, 0.25) is 0 Å². The number of allylic oxidation sites excluding steroid dienone is 2. The molecule has 0 unspecified atom stereocenters. The fraction of sp³-hybridized carbons (Fsp3) is 0.786. The van der Waals surface area contributed by atoms with E-state index in [4.69, 9.17) is 0 Å². The monoisotopic (exact) mass is 206 g/mol. The highest BCUT2D eigenvalue weighted by Crippen LogP contribution is 2.50. The Morgan fingerprint density at radius 1 is 1.40 bits per heavy atom. The van der Waals surface area contributed by atoms with Crippen molar-refractivity contribution in [1.82, 2.24) is 0 Å². The maximum Gasteiger partial charge on any atom is 0.133 e. The maximum absolute atomic E-state index is 11.7. The number of carbonyl (C=O) groups excluding carboxylic acids is 1. The van der Waals surface area contributed by atoms with Gasteiger partial charge in [-0.3, -0.25) is 4.79 Å². The zero-order chi connectivity index (χ0) is 11.2. The Hall–Kier alpha value is -0.590. The molecule has 0 aromatic carbocycles. The Kier molecular flexibility index (Phi) is 2.52. The summed E-state index contributed by atoms with van der Waals surface area (Å²) in [5, 5.41) is 0.